The maximum atomic E-state index is 12.7. The molecule has 0 bridgehead atoms. The van der Waals surface area contributed by atoms with Crippen LogP contribution in [0, 0.1) is 13.8 Å². The SMILES string of the molecule is Cc1ccc(NS(=O)(=O)c2ccc(NC(=O)CN(c3cccc(Br)c3)S(C)(=O)=O)cc2)cc1C. The van der Waals surface area contributed by atoms with E-state index in [0.29, 0.717) is 21.5 Å². The van der Waals surface area contributed by atoms with E-state index in [1.165, 1.54) is 24.3 Å². The van der Waals surface area contributed by atoms with E-state index in [1.807, 2.05) is 19.9 Å². The standard InChI is InChI=1S/C23H24BrN3O5S2/c1-16-7-8-20(13-17(16)2)26-34(31,32)22-11-9-19(10-12-22)25-23(28)15-27(33(3,29)30)21-6-4-5-18(24)14-21/h4-14,26H,15H2,1-3H3,(H,25,28). The van der Waals surface area contributed by atoms with Crippen LogP contribution < -0.4 is 14.3 Å². The molecule has 0 saturated carbocycles. The first-order valence-electron chi connectivity index (χ1n) is 10.1. The summed E-state index contributed by atoms with van der Waals surface area (Å²) in [7, 11) is -7.54. The fourth-order valence-corrected chi connectivity index (χ4v) is 5.38. The van der Waals surface area contributed by atoms with Crippen LogP contribution in [0.15, 0.2) is 76.1 Å². The first kappa shape index (κ1) is 25.7. The van der Waals surface area contributed by atoms with Gasteiger partial charge in [0.2, 0.25) is 15.9 Å². The minimum Gasteiger partial charge on any atom is -0.325 e. The normalized spacial score (nSPS) is 11.6. The Hall–Kier alpha value is -2.89. The summed E-state index contributed by atoms with van der Waals surface area (Å²) in [5, 5.41) is 2.60. The molecule has 0 aliphatic rings. The second-order valence-corrected chi connectivity index (χ2v) is 12.2. The third-order valence-electron chi connectivity index (χ3n) is 4.99. The number of hydrogen-bond acceptors (Lipinski definition) is 5. The van der Waals surface area contributed by atoms with Gasteiger partial charge in [-0.2, -0.15) is 0 Å². The summed E-state index contributed by atoms with van der Waals surface area (Å²) in [6.07, 6.45) is 1.02. The first-order valence-corrected chi connectivity index (χ1v) is 14.2. The van der Waals surface area contributed by atoms with Crippen LogP contribution in [0.2, 0.25) is 0 Å². The van der Waals surface area contributed by atoms with Crippen molar-refractivity contribution in [2.45, 2.75) is 18.7 Å². The molecule has 0 spiro atoms. The van der Waals surface area contributed by atoms with E-state index in [0.717, 1.165) is 21.7 Å². The van der Waals surface area contributed by atoms with Gasteiger partial charge in [0.15, 0.2) is 0 Å². The van der Waals surface area contributed by atoms with Crippen molar-refractivity contribution in [3.8, 4) is 0 Å². The number of amides is 1. The number of anilines is 3. The van der Waals surface area contributed by atoms with E-state index in [4.69, 9.17) is 0 Å². The third kappa shape index (κ3) is 6.58. The summed E-state index contributed by atoms with van der Waals surface area (Å²) in [5.74, 6) is -0.575. The largest absolute Gasteiger partial charge is 0.325 e. The summed E-state index contributed by atoms with van der Waals surface area (Å²) >= 11 is 3.29. The van der Waals surface area contributed by atoms with E-state index in [9.17, 15) is 21.6 Å². The molecule has 0 atom stereocenters. The van der Waals surface area contributed by atoms with E-state index in [2.05, 4.69) is 26.0 Å². The molecule has 11 heteroatoms. The number of hydrogen-bond donors (Lipinski definition) is 2. The Morgan fingerprint density at radius 3 is 2.12 bits per heavy atom. The number of benzene rings is 3. The van der Waals surface area contributed by atoms with E-state index >= 15 is 0 Å². The Morgan fingerprint density at radius 2 is 1.53 bits per heavy atom. The zero-order valence-corrected chi connectivity index (χ0v) is 22.0. The highest BCUT2D eigenvalue weighted by molar-refractivity contribution is 9.10. The number of carbonyl (C=O) groups is 1. The van der Waals surface area contributed by atoms with Crippen molar-refractivity contribution in [2.75, 3.05) is 27.1 Å². The smallest absolute Gasteiger partial charge is 0.261 e. The molecule has 0 heterocycles. The van der Waals surface area contributed by atoms with Crippen LogP contribution in [0.1, 0.15) is 11.1 Å². The van der Waals surface area contributed by atoms with Gasteiger partial charge in [-0.05, 0) is 79.6 Å². The summed E-state index contributed by atoms with van der Waals surface area (Å²) in [6, 6.07) is 17.5. The van der Waals surface area contributed by atoms with Gasteiger partial charge in [-0.15, -0.1) is 0 Å². The van der Waals surface area contributed by atoms with Gasteiger partial charge in [-0.3, -0.25) is 13.8 Å². The van der Waals surface area contributed by atoms with Crippen LogP contribution in [0.4, 0.5) is 17.1 Å². The van der Waals surface area contributed by atoms with Gasteiger partial charge in [0.25, 0.3) is 10.0 Å². The number of halogens is 1. The summed E-state index contributed by atoms with van der Waals surface area (Å²) in [4.78, 5) is 12.6. The Kier molecular flexibility index (Phi) is 7.69. The molecule has 0 aliphatic carbocycles. The van der Waals surface area contributed by atoms with Crippen molar-refractivity contribution in [3.63, 3.8) is 0 Å². The highest BCUT2D eigenvalue weighted by Gasteiger charge is 2.21. The molecule has 3 rings (SSSR count). The molecular weight excluding hydrogens is 542 g/mol. The molecule has 0 unspecified atom stereocenters. The molecule has 34 heavy (non-hydrogen) atoms. The van der Waals surface area contributed by atoms with Gasteiger partial charge in [0, 0.05) is 15.8 Å². The molecule has 0 fully saturated rings. The molecule has 8 nitrogen and oxygen atoms in total. The Labute approximate surface area is 208 Å². The maximum Gasteiger partial charge on any atom is 0.261 e. The number of nitrogens with zero attached hydrogens (tertiary/aromatic N) is 1. The van der Waals surface area contributed by atoms with Gasteiger partial charge in [-0.1, -0.05) is 28.1 Å². The van der Waals surface area contributed by atoms with Crippen molar-refractivity contribution >= 4 is 58.9 Å². The molecule has 2 N–H and O–H groups in total. The Bertz CT molecular complexity index is 1420. The molecule has 180 valence electrons. The van der Waals surface area contributed by atoms with Gasteiger partial charge < -0.3 is 5.32 Å². The lowest BCUT2D eigenvalue weighted by Crippen LogP contribution is -2.37. The highest BCUT2D eigenvalue weighted by Crippen LogP contribution is 2.23. The van der Waals surface area contributed by atoms with Gasteiger partial charge in [0.1, 0.15) is 6.54 Å². The van der Waals surface area contributed by atoms with Crippen molar-refractivity contribution in [1.82, 2.24) is 0 Å². The predicted molar refractivity (Wildman–Crippen MR) is 138 cm³/mol. The summed E-state index contributed by atoms with van der Waals surface area (Å²) in [5.41, 5.74) is 3.14. The average molecular weight is 566 g/mol. The number of rotatable bonds is 8. The van der Waals surface area contributed by atoms with Gasteiger partial charge >= 0.3 is 0 Å². The van der Waals surface area contributed by atoms with E-state index in [1.54, 1.807) is 36.4 Å². The molecular formula is C23H24BrN3O5S2. The quantitative estimate of drug-likeness (QED) is 0.423. The van der Waals surface area contributed by atoms with Crippen molar-refractivity contribution < 1.29 is 21.6 Å². The Morgan fingerprint density at radius 1 is 0.882 bits per heavy atom. The van der Waals surface area contributed by atoms with Crippen molar-refractivity contribution in [1.29, 1.82) is 0 Å². The van der Waals surface area contributed by atoms with Crippen LogP contribution in [-0.2, 0) is 24.8 Å². The number of nitrogens with one attached hydrogen (secondary N) is 2. The number of sulfonamides is 2. The van der Waals surface area contributed by atoms with Crippen LogP contribution in [0.5, 0.6) is 0 Å². The minimum atomic E-state index is -3.82. The molecule has 0 radical (unpaired) electrons. The van der Waals surface area contributed by atoms with Crippen molar-refractivity contribution in [2.24, 2.45) is 0 Å². The fraction of sp³-hybridized carbons (Fsp3) is 0.174. The molecule has 0 aliphatic heterocycles. The van der Waals surface area contributed by atoms with Crippen LogP contribution in [-0.4, -0.2) is 35.5 Å². The average Bonchev–Trinajstić information content (AvgIpc) is 2.74. The zero-order valence-electron chi connectivity index (χ0n) is 18.7. The molecule has 1 amide bonds. The third-order valence-corrected chi connectivity index (χ3v) is 8.02. The monoisotopic (exact) mass is 565 g/mol. The second-order valence-electron chi connectivity index (χ2n) is 7.73. The number of carbonyl (C=O) groups excluding carboxylic acids is 1. The van der Waals surface area contributed by atoms with Crippen LogP contribution in [0.3, 0.4) is 0 Å². The molecule has 0 saturated heterocycles. The molecule has 3 aromatic rings. The molecule has 0 aromatic heterocycles. The van der Waals surface area contributed by atoms with Crippen LogP contribution in [0.25, 0.3) is 0 Å². The minimum absolute atomic E-state index is 0.0237. The van der Waals surface area contributed by atoms with Crippen molar-refractivity contribution in [3.05, 3.63) is 82.3 Å². The van der Waals surface area contributed by atoms with Gasteiger partial charge in [-0.25, -0.2) is 16.8 Å². The summed E-state index contributed by atoms with van der Waals surface area (Å²) in [6.45, 7) is 3.39. The topological polar surface area (TPSA) is 113 Å². The molecule has 3 aromatic carbocycles. The maximum absolute atomic E-state index is 12.7. The zero-order chi connectivity index (χ0) is 25.1. The number of aryl methyl sites for hydroxylation is 2. The van der Waals surface area contributed by atoms with Gasteiger partial charge in [0.05, 0.1) is 16.8 Å². The van der Waals surface area contributed by atoms with E-state index < -0.39 is 32.5 Å². The first-order chi connectivity index (χ1) is 15.8. The Balaban J connectivity index is 1.71. The fourth-order valence-electron chi connectivity index (χ4n) is 3.10. The van der Waals surface area contributed by atoms with Crippen LogP contribution >= 0.6 is 15.9 Å². The predicted octanol–water partition coefficient (Wildman–Crippen LogP) is 4.27. The lowest BCUT2D eigenvalue weighted by molar-refractivity contribution is -0.114. The second kappa shape index (κ2) is 10.2. The lowest BCUT2D eigenvalue weighted by Gasteiger charge is -2.22. The van der Waals surface area contributed by atoms with E-state index in [-0.39, 0.29) is 4.90 Å². The summed E-state index contributed by atoms with van der Waals surface area (Å²) < 4.78 is 54.1. The highest BCUT2D eigenvalue weighted by atomic mass is 79.9. The lowest BCUT2D eigenvalue weighted by atomic mass is 10.1.